The minimum atomic E-state index is 0.147. The topological polar surface area (TPSA) is 27.7 Å². The molecule has 0 atom stereocenters. The van der Waals surface area contributed by atoms with Crippen molar-refractivity contribution in [3.05, 3.63) is 59.7 Å². The highest BCUT2D eigenvalue weighted by atomic mass is 79.9. The van der Waals surface area contributed by atoms with Gasteiger partial charge in [-0.25, -0.2) is 0 Å². The first-order valence-corrected chi connectivity index (χ1v) is 13.9. The highest BCUT2D eigenvalue weighted by Crippen LogP contribution is 2.36. The third-order valence-electron chi connectivity index (χ3n) is 6.03. The Morgan fingerprint density at radius 2 is 1.31 bits per heavy atom. The second-order valence-electron chi connectivity index (χ2n) is 12.0. The number of quaternary nitrogens is 1. The molecule has 0 aromatic heterocycles. The van der Waals surface area contributed by atoms with Crippen LogP contribution in [0.1, 0.15) is 58.6 Å². The van der Waals surface area contributed by atoms with Crippen LogP contribution in [0, 0.1) is 5.41 Å². The first-order valence-electron chi connectivity index (χ1n) is 12.8. The molecular weight excluding hydrogens is 502 g/mol. The van der Waals surface area contributed by atoms with Crippen molar-refractivity contribution in [1.82, 2.24) is 0 Å². The van der Waals surface area contributed by atoms with Gasteiger partial charge in [-0.2, -0.15) is 0 Å². The maximum Gasteiger partial charge on any atom is 0.119 e. The number of halogens is 1. The van der Waals surface area contributed by atoms with E-state index in [2.05, 4.69) is 113 Å². The number of nitrogens with zero attached hydrogens (tertiary/aromatic N) is 1. The molecule has 0 saturated heterocycles. The van der Waals surface area contributed by atoms with Crippen molar-refractivity contribution >= 4 is 15.9 Å². The van der Waals surface area contributed by atoms with Crippen LogP contribution in [-0.2, 0) is 16.7 Å². The summed E-state index contributed by atoms with van der Waals surface area (Å²) < 4.78 is 18.4. The van der Waals surface area contributed by atoms with Gasteiger partial charge in [0.1, 0.15) is 31.2 Å². The van der Waals surface area contributed by atoms with Gasteiger partial charge in [-0.3, -0.25) is 0 Å². The average molecular weight is 550 g/mol. The Kier molecular flexibility index (Phi) is 11.6. The van der Waals surface area contributed by atoms with Gasteiger partial charge in [0, 0.05) is 10.9 Å². The van der Waals surface area contributed by atoms with Crippen LogP contribution in [-0.4, -0.2) is 56.9 Å². The third kappa shape index (κ3) is 11.8. The molecule has 0 N–H and O–H groups in total. The summed E-state index contributed by atoms with van der Waals surface area (Å²) in [4.78, 5) is 0. The maximum atomic E-state index is 5.90. The molecule has 2 rings (SSSR count). The molecule has 2 aromatic rings. The van der Waals surface area contributed by atoms with Gasteiger partial charge in [-0.05, 0) is 65.6 Å². The average Bonchev–Trinajstić information content (AvgIpc) is 2.76. The molecule has 0 aliphatic rings. The molecule has 196 valence electrons. The first kappa shape index (κ1) is 29.7. The van der Waals surface area contributed by atoms with Gasteiger partial charge in [-0.15, -0.1) is 0 Å². The monoisotopic (exact) mass is 548 g/mol. The first-order chi connectivity index (χ1) is 16.4. The molecule has 0 unspecified atom stereocenters. The lowest BCUT2D eigenvalue weighted by atomic mass is 9.72. The number of rotatable bonds is 15. The number of likely N-dealkylation sites (N-methyl/N-ethyl adjacent to an activating group) is 1. The molecule has 0 spiro atoms. The second-order valence-corrected chi connectivity index (χ2v) is 12.8. The van der Waals surface area contributed by atoms with Gasteiger partial charge in [0.05, 0.1) is 33.9 Å². The van der Waals surface area contributed by atoms with Crippen molar-refractivity contribution < 1.29 is 18.7 Å². The van der Waals surface area contributed by atoms with Crippen LogP contribution in [0.4, 0.5) is 0 Å². The largest absolute Gasteiger partial charge is 0.494 e. The lowest BCUT2D eigenvalue weighted by Gasteiger charge is -2.33. The zero-order valence-electron chi connectivity index (χ0n) is 23.0. The van der Waals surface area contributed by atoms with E-state index >= 15 is 0 Å². The van der Waals surface area contributed by atoms with Crippen LogP contribution < -0.4 is 9.47 Å². The summed E-state index contributed by atoms with van der Waals surface area (Å²) in [6.45, 7) is 16.1. The fourth-order valence-electron chi connectivity index (χ4n) is 4.57. The zero-order valence-corrected chi connectivity index (χ0v) is 24.6. The van der Waals surface area contributed by atoms with E-state index in [-0.39, 0.29) is 5.41 Å². The standard InChI is InChI=1S/C30H47BrNO3/c1-29(2,3)24-30(4,5)26-11-15-28(16-12-26)35-22-21-33-20-18-32(6,7)23-25-9-13-27(14-10-25)34-19-8-17-31/h9-16H,8,17-24H2,1-7H3/q+1. The summed E-state index contributed by atoms with van der Waals surface area (Å²) in [5.41, 5.74) is 3.11. The van der Waals surface area contributed by atoms with Crippen molar-refractivity contribution in [2.24, 2.45) is 5.41 Å². The van der Waals surface area contributed by atoms with Gasteiger partial charge in [0.15, 0.2) is 0 Å². The number of ether oxygens (including phenoxy) is 3. The lowest BCUT2D eigenvalue weighted by molar-refractivity contribution is -0.904. The Morgan fingerprint density at radius 1 is 0.743 bits per heavy atom. The Morgan fingerprint density at radius 3 is 1.89 bits per heavy atom. The van der Waals surface area contributed by atoms with Gasteiger partial charge < -0.3 is 18.7 Å². The van der Waals surface area contributed by atoms with E-state index in [1.165, 1.54) is 11.1 Å². The molecule has 0 saturated carbocycles. The number of alkyl halides is 1. The number of hydrogen-bond donors (Lipinski definition) is 0. The van der Waals surface area contributed by atoms with E-state index in [4.69, 9.17) is 14.2 Å². The molecule has 0 radical (unpaired) electrons. The van der Waals surface area contributed by atoms with Crippen LogP contribution in [0.15, 0.2) is 48.5 Å². The normalized spacial score (nSPS) is 12.6. The maximum absolute atomic E-state index is 5.90. The SMILES string of the molecule is CC(C)(C)CC(C)(C)c1ccc(OCCOCC[N+](C)(C)Cc2ccc(OCCCBr)cc2)cc1. The zero-order chi connectivity index (χ0) is 26.0. The van der Waals surface area contributed by atoms with Crippen molar-refractivity contribution in [2.75, 3.05) is 52.4 Å². The lowest BCUT2D eigenvalue weighted by Crippen LogP contribution is -2.41. The van der Waals surface area contributed by atoms with Crippen molar-refractivity contribution in [3.8, 4) is 11.5 Å². The summed E-state index contributed by atoms with van der Waals surface area (Å²) in [7, 11) is 4.48. The van der Waals surface area contributed by atoms with E-state index < -0.39 is 0 Å². The van der Waals surface area contributed by atoms with Gasteiger partial charge >= 0.3 is 0 Å². The van der Waals surface area contributed by atoms with Crippen LogP contribution in [0.5, 0.6) is 11.5 Å². The van der Waals surface area contributed by atoms with E-state index in [9.17, 15) is 0 Å². The van der Waals surface area contributed by atoms with E-state index in [1.807, 2.05) is 0 Å². The van der Waals surface area contributed by atoms with Gasteiger partial charge in [0.2, 0.25) is 0 Å². The van der Waals surface area contributed by atoms with Crippen molar-refractivity contribution in [1.29, 1.82) is 0 Å². The molecule has 0 fully saturated rings. The molecule has 0 aliphatic heterocycles. The predicted molar refractivity (Wildman–Crippen MR) is 151 cm³/mol. The molecule has 2 aromatic carbocycles. The van der Waals surface area contributed by atoms with Crippen LogP contribution in [0.3, 0.4) is 0 Å². The third-order valence-corrected chi connectivity index (χ3v) is 6.59. The summed E-state index contributed by atoms with van der Waals surface area (Å²) in [5, 5.41) is 0.967. The fourth-order valence-corrected chi connectivity index (χ4v) is 4.80. The second kappa shape index (κ2) is 13.7. The molecule has 0 amide bonds. The number of benzene rings is 2. The minimum absolute atomic E-state index is 0.147. The summed E-state index contributed by atoms with van der Waals surface area (Å²) in [5.74, 6) is 1.84. The van der Waals surface area contributed by atoms with E-state index in [1.54, 1.807) is 0 Å². The highest BCUT2D eigenvalue weighted by Gasteiger charge is 2.27. The molecule has 0 bridgehead atoms. The Bertz CT molecular complexity index is 855. The molecular formula is C30H47BrNO3+. The van der Waals surface area contributed by atoms with Crippen molar-refractivity contribution in [3.63, 3.8) is 0 Å². The highest BCUT2D eigenvalue weighted by molar-refractivity contribution is 9.09. The van der Waals surface area contributed by atoms with Crippen LogP contribution in [0.2, 0.25) is 0 Å². The molecule has 4 nitrogen and oxygen atoms in total. The minimum Gasteiger partial charge on any atom is -0.494 e. The Labute approximate surface area is 222 Å². The van der Waals surface area contributed by atoms with Crippen molar-refractivity contribution in [2.45, 2.75) is 59.4 Å². The van der Waals surface area contributed by atoms with Crippen LogP contribution in [0.25, 0.3) is 0 Å². The molecule has 5 heteroatoms. The van der Waals surface area contributed by atoms with Gasteiger partial charge in [0.25, 0.3) is 0 Å². The van der Waals surface area contributed by atoms with E-state index in [0.29, 0.717) is 25.2 Å². The Balaban J connectivity index is 1.67. The quantitative estimate of drug-likeness (QED) is 0.133. The smallest absolute Gasteiger partial charge is 0.119 e. The molecule has 0 aliphatic carbocycles. The predicted octanol–water partition coefficient (Wildman–Crippen LogP) is 7.24. The summed E-state index contributed by atoms with van der Waals surface area (Å²) in [6.07, 6.45) is 2.15. The van der Waals surface area contributed by atoms with Gasteiger partial charge in [-0.1, -0.05) is 62.7 Å². The van der Waals surface area contributed by atoms with Crippen LogP contribution >= 0.6 is 15.9 Å². The summed E-state index contributed by atoms with van der Waals surface area (Å²) >= 11 is 3.43. The fraction of sp³-hybridized carbons (Fsp3) is 0.600. The summed E-state index contributed by atoms with van der Waals surface area (Å²) in [6, 6.07) is 17.0. The Hall–Kier alpha value is -1.56. The van der Waals surface area contributed by atoms with E-state index in [0.717, 1.165) is 53.9 Å². The number of hydrogen-bond acceptors (Lipinski definition) is 3. The molecule has 0 heterocycles. The molecule has 35 heavy (non-hydrogen) atoms.